The lowest BCUT2D eigenvalue weighted by Gasteiger charge is -2.30. The minimum absolute atomic E-state index is 0.0989. The van der Waals surface area contributed by atoms with E-state index in [-0.39, 0.29) is 11.7 Å². The minimum atomic E-state index is -0.616. The predicted molar refractivity (Wildman–Crippen MR) is 72.6 cm³/mol. The van der Waals surface area contributed by atoms with Crippen LogP contribution in [0.2, 0.25) is 5.02 Å². The second kappa shape index (κ2) is 5.91. The third-order valence-electron chi connectivity index (χ3n) is 3.85. The molecule has 4 N–H and O–H groups in total. The Hall–Kier alpha value is -0.770. The van der Waals surface area contributed by atoms with Crippen LogP contribution < -0.4 is 5.73 Å². The maximum absolute atomic E-state index is 10.3. The van der Waals surface area contributed by atoms with E-state index in [2.05, 4.69) is 0 Å². The van der Waals surface area contributed by atoms with Gasteiger partial charge in [-0.25, -0.2) is 0 Å². The summed E-state index contributed by atoms with van der Waals surface area (Å²) in [6, 6.07) is 4.19. The van der Waals surface area contributed by atoms with E-state index in [1.54, 1.807) is 12.1 Å². The van der Waals surface area contributed by atoms with Crippen molar-refractivity contribution >= 4 is 11.6 Å². The van der Waals surface area contributed by atoms with Crippen LogP contribution >= 0.6 is 11.6 Å². The molecule has 18 heavy (non-hydrogen) atoms. The van der Waals surface area contributed by atoms with Gasteiger partial charge in [-0.2, -0.15) is 0 Å². The second-order valence-corrected chi connectivity index (χ2v) is 5.55. The van der Waals surface area contributed by atoms with Crippen LogP contribution in [0.15, 0.2) is 18.2 Å². The molecular formula is C14H20ClNO2. The van der Waals surface area contributed by atoms with Gasteiger partial charge in [-0.3, -0.25) is 0 Å². The summed E-state index contributed by atoms with van der Waals surface area (Å²) < 4.78 is 0. The molecule has 0 amide bonds. The van der Waals surface area contributed by atoms with Crippen LogP contribution in [0, 0.1) is 5.92 Å². The first-order valence-electron chi connectivity index (χ1n) is 6.51. The Morgan fingerprint density at radius 1 is 1.22 bits per heavy atom. The maximum Gasteiger partial charge on any atom is 0.120 e. The SMILES string of the molecule is N[C@H](c1cc(Cl)ccc1O)[C@@H](O)C1CCCCC1. The zero-order valence-electron chi connectivity index (χ0n) is 10.3. The van der Waals surface area contributed by atoms with Gasteiger partial charge in [0.2, 0.25) is 0 Å². The normalized spacial score (nSPS) is 20.6. The van der Waals surface area contributed by atoms with E-state index < -0.39 is 12.1 Å². The van der Waals surface area contributed by atoms with Crippen molar-refractivity contribution < 1.29 is 10.2 Å². The van der Waals surface area contributed by atoms with Gasteiger partial charge in [-0.15, -0.1) is 0 Å². The van der Waals surface area contributed by atoms with Crippen LogP contribution in [0.3, 0.4) is 0 Å². The standard InChI is InChI=1S/C14H20ClNO2/c15-10-6-7-12(17)11(8-10)13(16)14(18)9-4-2-1-3-5-9/h6-9,13-14,17-18H,1-5,16H2/t13-,14+/m1/s1. The molecule has 4 heteroatoms. The highest BCUT2D eigenvalue weighted by Crippen LogP contribution is 2.34. The number of hydrogen-bond acceptors (Lipinski definition) is 3. The first kappa shape index (κ1) is 13.7. The van der Waals surface area contributed by atoms with E-state index >= 15 is 0 Å². The first-order valence-corrected chi connectivity index (χ1v) is 6.89. The molecule has 1 aromatic rings. The summed E-state index contributed by atoms with van der Waals surface area (Å²) in [5.74, 6) is 0.328. The first-order chi connectivity index (χ1) is 8.59. The molecule has 0 spiro atoms. The van der Waals surface area contributed by atoms with E-state index in [4.69, 9.17) is 17.3 Å². The summed E-state index contributed by atoms with van der Waals surface area (Å²) in [4.78, 5) is 0. The van der Waals surface area contributed by atoms with Gasteiger partial charge in [0.1, 0.15) is 5.75 Å². The van der Waals surface area contributed by atoms with Crippen LogP contribution in [-0.4, -0.2) is 16.3 Å². The van der Waals surface area contributed by atoms with Gasteiger partial charge in [0, 0.05) is 10.6 Å². The number of nitrogens with two attached hydrogens (primary N) is 1. The lowest BCUT2D eigenvalue weighted by atomic mass is 9.81. The van der Waals surface area contributed by atoms with Crippen molar-refractivity contribution in [2.45, 2.75) is 44.2 Å². The summed E-state index contributed by atoms with van der Waals surface area (Å²) in [6.07, 6.45) is 4.94. The number of halogens is 1. The van der Waals surface area contributed by atoms with Crippen LogP contribution in [0.5, 0.6) is 5.75 Å². The molecule has 1 aromatic carbocycles. The average Bonchev–Trinajstić information content (AvgIpc) is 2.41. The fourth-order valence-electron chi connectivity index (χ4n) is 2.75. The molecule has 0 radical (unpaired) electrons. The van der Waals surface area contributed by atoms with Gasteiger partial charge in [-0.05, 0) is 37.0 Å². The van der Waals surface area contributed by atoms with Gasteiger partial charge in [0.05, 0.1) is 12.1 Å². The molecule has 2 rings (SSSR count). The molecule has 0 bridgehead atoms. The molecule has 100 valence electrons. The van der Waals surface area contributed by atoms with Crippen LogP contribution in [0.4, 0.5) is 0 Å². The lowest BCUT2D eigenvalue weighted by molar-refractivity contribution is 0.0611. The van der Waals surface area contributed by atoms with Crippen LogP contribution in [0.1, 0.15) is 43.7 Å². The Morgan fingerprint density at radius 3 is 2.56 bits per heavy atom. The topological polar surface area (TPSA) is 66.5 Å². The molecule has 1 aliphatic carbocycles. The summed E-state index contributed by atoms with van der Waals surface area (Å²) in [7, 11) is 0. The van der Waals surface area contributed by atoms with Crippen molar-refractivity contribution in [2.24, 2.45) is 11.7 Å². The molecule has 0 heterocycles. The third-order valence-corrected chi connectivity index (χ3v) is 4.08. The van der Waals surface area contributed by atoms with Crippen molar-refractivity contribution in [3.05, 3.63) is 28.8 Å². The lowest BCUT2D eigenvalue weighted by Crippen LogP contribution is -2.34. The number of hydrogen-bond donors (Lipinski definition) is 3. The second-order valence-electron chi connectivity index (χ2n) is 5.12. The van der Waals surface area contributed by atoms with Crippen LogP contribution in [-0.2, 0) is 0 Å². The van der Waals surface area contributed by atoms with E-state index in [1.165, 1.54) is 12.5 Å². The molecule has 1 aliphatic rings. The van der Waals surface area contributed by atoms with Crippen molar-refractivity contribution in [3.8, 4) is 5.75 Å². The van der Waals surface area contributed by atoms with Crippen molar-refractivity contribution in [1.29, 1.82) is 0 Å². The highest BCUT2D eigenvalue weighted by Gasteiger charge is 2.29. The Bertz CT molecular complexity index is 405. The van der Waals surface area contributed by atoms with E-state index in [0.29, 0.717) is 10.6 Å². The van der Waals surface area contributed by atoms with Gasteiger partial charge >= 0.3 is 0 Å². The predicted octanol–water partition coefficient (Wildman–Crippen LogP) is 2.99. The molecular weight excluding hydrogens is 250 g/mol. The summed E-state index contributed by atoms with van der Waals surface area (Å²) in [5.41, 5.74) is 6.60. The largest absolute Gasteiger partial charge is 0.508 e. The fourth-order valence-corrected chi connectivity index (χ4v) is 2.93. The molecule has 1 saturated carbocycles. The monoisotopic (exact) mass is 269 g/mol. The van der Waals surface area contributed by atoms with Gasteiger partial charge in [-0.1, -0.05) is 30.9 Å². The zero-order chi connectivity index (χ0) is 13.1. The minimum Gasteiger partial charge on any atom is -0.508 e. The summed E-state index contributed by atoms with van der Waals surface area (Å²) in [6.45, 7) is 0. The summed E-state index contributed by atoms with van der Waals surface area (Å²) in [5, 5.41) is 20.7. The zero-order valence-corrected chi connectivity index (χ0v) is 11.1. The number of aliphatic hydroxyl groups is 1. The fraction of sp³-hybridized carbons (Fsp3) is 0.571. The molecule has 0 saturated heterocycles. The highest BCUT2D eigenvalue weighted by atomic mass is 35.5. The molecule has 0 unspecified atom stereocenters. The van der Waals surface area contributed by atoms with Crippen molar-refractivity contribution in [3.63, 3.8) is 0 Å². The van der Waals surface area contributed by atoms with E-state index in [0.717, 1.165) is 25.7 Å². The highest BCUT2D eigenvalue weighted by molar-refractivity contribution is 6.30. The maximum atomic E-state index is 10.3. The Labute approximate surface area is 113 Å². The van der Waals surface area contributed by atoms with Gasteiger partial charge in [0.25, 0.3) is 0 Å². The summed E-state index contributed by atoms with van der Waals surface area (Å²) >= 11 is 5.90. The molecule has 0 aliphatic heterocycles. The molecule has 0 aromatic heterocycles. The molecule has 3 nitrogen and oxygen atoms in total. The van der Waals surface area contributed by atoms with Crippen molar-refractivity contribution in [2.75, 3.05) is 0 Å². The van der Waals surface area contributed by atoms with E-state index in [9.17, 15) is 10.2 Å². The number of phenolic OH excluding ortho intramolecular Hbond substituents is 1. The smallest absolute Gasteiger partial charge is 0.120 e. The quantitative estimate of drug-likeness (QED) is 0.790. The number of phenols is 1. The number of benzene rings is 1. The van der Waals surface area contributed by atoms with Gasteiger partial charge < -0.3 is 15.9 Å². The Kier molecular flexibility index (Phi) is 4.49. The Balaban J connectivity index is 2.13. The van der Waals surface area contributed by atoms with E-state index in [1.807, 2.05) is 0 Å². The molecule has 2 atom stereocenters. The average molecular weight is 270 g/mol. The number of rotatable bonds is 3. The van der Waals surface area contributed by atoms with Crippen molar-refractivity contribution in [1.82, 2.24) is 0 Å². The third kappa shape index (κ3) is 2.97. The van der Waals surface area contributed by atoms with Gasteiger partial charge in [0.15, 0.2) is 0 Å². The molecule has 1 fully saturated rings. The Morgan fingerprint density at radius 2 is 1.89 bits per heavy atom. The number of aromatic hydroxyl groups is 1. The number of aliphatic hydroxyl groups excluding tert-OH is 1. The van der Waals surface area contributed by atoms with Crippen LogP contribution in [0.25, 0.3) is 0 Å².